The maximum atomic E-state index is 13.7. The first kappa shape index (κ1) is 15.4. The summed E-state index contributed by atoms with van der Waals surface area (Å²) in [7, 11) is 1.99. The number of hydrogen-bond donors (Lipinski definition) is 1. The minimum Gasteiger partial charge on any atom is -0.389 e. The van der Waals surface area contributed by atoms with E-state index in [9.17, 15) is 4.39 Å². The van der Waals surface area contributed by atoms with Crippen LogP contribution >= 0.6 is 24.0 Å². The maximum absolute atomic E-state index is 13.7. The molecule has 100 valence electrons. The van der Waals surface area contributed by atoms with Crippen LogP contribution in [0.2, 0.25) is 0 Å². The lowest BCUT2D eigenvalue weighted by Crippen LogP contribution is -2.30. The highest BCUT2D eigenvalue weighted by atomic mass is 32.2. The van der Waals surface area contributed by atoms with Crippen molar-refractivity contribution in [2.75, 3.05) is 19.1 Å². The van der Waals surface area contributed by atoms with Gasteiger partial charge in [-0.15, -0.1) is 0 Å². The molecule has 5 heteroatoms. The Morgan fingerprint density at radius 1 is 1.56 bits per heavy atom. The van der Waals surface area contributed by atoms with Crippen molar-refractivity contribution in [1.82, 2.24) is 4.90 Å². The molecular weight excluding hydrogens is 267 g/mol. The summed E-state index contributed by atoms with van der Waals surface area (Å²) in [4.78, 5) is 2.43. The van der Waals surface area contributed by atoms with Crippen molar-refractivity contribution in [3.8, 4) is 0 Å². The predicted octanol–water partition coefficient (Wildman–Crippen LogP) is 2.64. The van der Waals surface area contributed by atoms with Crippen molar-refractivity contribution in [2.45, 2.75) is 19.5 Å². The quantitative estimate of drug-likeness (QED) is 0.814. The minimum absolute atomic E-state index is 0.210. The molecule has 1 atom stereocenters. The Balaban J connectivity index is 2.83. The summed E-state index contributed by atoms with van der Waals surface area (Å²) in [5.41, 5.74) is 6.91. The van der Waals surface area contributed by atoms with Crippen LogP contribution in [-0.2, 0) is 6.54 Å². The Morgan fingerprint density at radius 3 is 2.78 bits per heavy atom. The van der Waals surface area contributed by atoms with E-state index in [-0.39, 0.29) is 5.82 Å². The molecule has 0 aromatic heterocycles. The Bertz CT molecular complexity index is 423. The molecule has 0 amide bonds. The normalized spacial score (nSPS) is 12.7. The van der Waals surface area contributed by atoms with Gasteiger partial charge in [-0.1, -0.05) is 12.2 Å². The molecule has 0 aliphatic rings. The van der Waals surface area contributed by atoms with Gasteiger partial charge in [0.25, 0.3) is 0 Å². The van der Waals surface area contributed by atoms with Gasteiger partial charge in [0.05, 0.1) is 0 Å². The lowest BCUT2D eigenvalue weighted by atomic mass is 10.1. The Labute approximate surface area is 118 Å². The van der Waals surface area contributed by atoms with Crippen LogP contribution in [0.15, 0.2) is 18.2 Å². The number of thioether (sulfide) groups is 1. The van der Waals surface area contributed by atoms with Crippen molar-refractivity contribution in [3.63, 3.8) is 0 Å². The smallest absolute Gasteiger partial charge is 0.127 e. The molecule has 18 heavy (non-hydrogen) atoms. The van der Waals surface area contributed by atoms with E-state index in [2.05, 4.69) is 18.1 Å². The van der Waals surface area contributed by atoms with E-state index in [0.29, 0.717) is 28.7 Å². The van der Waals surface area contributed by atoms with Crippen LogP contribution in [-0.4, -0.2) is 35.0 Å². The fourth-order valence-corrected chi connectivity index (χ4v) is 2.51. The SMILES string of the molecule is CSCC(C)N(C)Cc1cc(C(N)=S)ccc1F. The standard InChI is InChI=1S/C13H19FN2S2/c1-9(8-18-3)16(2)7-11-6-10(13(15)17)4-5-12(11)14/h4-6,9H,7-8H2,1-3H3,(H2,15,17). The van der Waals surface area contributed by atoms with Gasteiger partial charge in [-0.05, 0) is 38.4 Å². The number of benzene rings is 1. The molecule has 0 heterocycles. The second-order valence-electron chi connectivity index (χ2n) is 4.39. The first-order valence-electron chi connectivity index (χ1n) is 5.73. The average molecular weight is 286 g/mol. The Hall–Kier alpha value is -0.650. The summed E-state index contributed by atoms with van der Waals surface area (Å²) in [5, 5.41) is 0. The van der Waals surface area contributed by atoms with E-state index >= 15 is 0 Å². The third-order valence-electron chi connectivity index (χ3n) is 2.91. The number of hydrogen-bond acceptors (Lipinski definition) is 3. The summed E-state index contributed by atoms with van der Waals surface area (Å²) in [5.74, 6) is 0.811. The molecule has 2 N–H and O–H groups in total. The van der Waals surface area contributed by atoms with E-state index in [1.54, 1.807) is 23.9 Å². The van der Waals surface area contributed by atoms with Crippen LogP contribution in [0.3, 0.4) is 0 Å². The number of nitrogens with two attached hydrogens (primary N) is 1. The highest BCUT2D eigenvalue weighted by Gasteiger charge is 2.12. The monoisotopic (exact) mass is 286 g/mol. The molecule has 1 unspecified atom stereocenters. The van der Waals surface area contributed by atoms with E-state index in [4.69, 9.17) is 18.0 Å². The molecule has 2 nitrogen and oxygen atoms in total. The van der Waals surface area contributed by atoms with Crippen LogP contribution in [0.25, 0.3) is 0 Å². The summed E-state index contributed by atoms with van der Waals surface area (Å²) in [6, 6.07) is 5.18. The van der Waals surface area contributed by atoms with Gasteiger partial charge in [-0.2, -0.15) is 11.8 Å². The molecule has 0 aliphatic heterocycles. The molecule has 0 spiro atoms. The molecule has 0 fully saturated rings. The molecule has 0 saturated heterocycles. The average Bonchev–Trinajstić information content (AvgIpc) is 2.31. The molecule has 1 aromatic carbocycles. The van der Waals surface area contributed by atoms with Gasteiger partial charge < -0.3 is 5.73 Å². The predicted molar refractivity (Wildman–Crippen MR) is 81.6 cm³/mol. The van der Waals surface area contributed by atoms with Gasteiger partial charge in [0.15, 0.2) is 0 Å². The molecule has 1 rings (SSSR count). The van der Waals surface area contributed by atoms with Crippen LogP contribution in [0.1, 0.15) is 18.1 Å². The molecule has 0 radical (unpaired) electrons. The maximum Gasteiger partial charge on any atom is 0.127 e. The van der Waals surface area contributed by atoms with Gasteiger partial charge in [0, 0.05) is 29.5 Å². The second kappa shape index (κ2) is 7.07. The van der Waals surface area contributed by atoms with Crippen molar-refractivity contribution in [1.29, 1.82) is 0 Å². The summed E-state index contributed by atoms with van der Waals surface area (Å²) >= 11 is 6.69. The Kier molecular flexibility index (Phi) is 6.05. The van der Waals surface area contributed by atoms with Gasteiger partial charge in [-0.25, -0.2) is 4.39 Å². The minimum atomic E-state index is -0.210. The van der Waals surface area contributed by atoms with Gasteiger partial charge in [0.2, 0.25) is 0 Å². The lowest BCUT2D eigenvalue weighted by molar-refractivity contribution is 0.266. The fraction of sp³-hybridized carbons (Fsp3) is 0.462. The second-order valence-corrected chi connectivity index (χ2v) is 5.74. The third-order valence-corrected chi connectivity index (χ3v) is 3.96. The number of thiocarbonyl (C=S) groups is 1. The molecule has 0 saturated carbocycles. The molecular formula is C13H19FN2S2. The summed E-state index contributed by atoms with van der Waals surface area (Å²) in [6.45, 7) is 2.69. The van der Waals surface area contributed by atoms with E-state index < -0.39 is 0 Å². The summed E-state index contributed by atoms with van der Waals surface area (Å²) in [6.07, 6.45) is 2.07. The van der Waals surface area contributed by atoms with Crippen LogP contribution in [0, 0.1) is 5.82 Å². The number of halogens is 1. The number of rotatable bonds is 6. The highest BCUT2D eigenvalue weighted by Crippen LogP contribution is 2.15. The zero-order chi connectivity index (χ0) is 13.7. The van der Waals surface area contributed by atoms with Crippen LogP contribution in [0.4, 0.5) is 4.39 Å². The summed E-state index contributed by atoms with van der Waals surface area (Å²) < 4.78 is 13.7. The van der Waals surface area contributed by atoms with Gasteiger partial charge >= 0.3 is 0 Å². The third kappa shape index (κ3) is 4.23. The van der Waals surface area contributed by atoms with E-state index in [1.807, 2.05) is 7.05 Å². The first-order chi connectivity index (χ1) is 8.45. The van der Waals surface area contributed by atoms with Gasteiger partial charge in [-0.3, -0.25) is 4.90 Å². The fourth-order valence-electron chi connectivity index (χ4n) is 1.64. The first-order valence-corrected chi connectivity index (χ1v) is 7.53. The van der Waals surface area contributed by atoms with Crippen LogP contribution in [0.5, 0.6) is 0 Å². The van der Waals surface area contributed by atoms with E-state index in [1.165, 1.54) is 6.07 Å². The van der Waals surface area contributed by atoms with E-state index in [0.717, 1.165) is 5.75 Å². The van der Waals surface area contributed by atoms with Crippen LogP contribution < -0.4 is 5.73 Å². The Morgan fingerprint density at radius 2 is 2.22 bits per heavy atom. The zero-order valence-electron chi connectivity index (χ0n) is 10.9. The van der Waals surface area contributed by atoms with Crippen molar-refractivity contribution >= 4 is 29.0 Å². The topological polar surface area (TPSA) is 29.3 Å². The van der Waals surface area contributed by atoms with Crippen molar-refractivity contribution in [3.05, 3.63) is 35.1 Å². The van der Waals surface area contributed by atoms with Gasteiger partial charge in [0.1, 0.15) is 10.8 Å². The molecule has 0 aliphatic carbocycles. The highest BCUT2D eigenvalue weighted by molar-refractivity contribution is 7.98. The molecule has 0 bridgehead atoms. The van der Waals surface area contributed by atoms with Crippen molar-refractivity contribution < 1.29 is 4.39 Å². The lowest BCUT2D eigenvalue weighted by Gasteiger charge is -2.24. The zero-order valence-corrected chi connectivity index (χ0v) is 12.6. The number of nitrogens with zero attached hydrogens (tertiary/aromatic N) is 1. The molecule has 1 aromatic rings. The van der Waals surface area contributed by atoms with Crippen molar-refractivity contribution in [2.24, 2.45) is 5.73 Å². The largest absolute Gasteiger partial charge is 0.389 e.